The van der Waals surface area contributed by atoms with Gasteiger partial charge in [-0.3, -0.25) is 4.79 Å². The molecular weight excluding hydrogens is 256 g/mol. The molecule has 3 nitrogen and oxygen atoms in total. The van der Waals surface area contributed by atoms with Gasteiger partial charge in [-0.1, -0.05) is 24.3 Å². The van der Waals surface area contributed by atoms with E-state index in [1.165, 1.54) is 4.88 Å². The number of thiophene rings is 1. The van der Waals surface area contributed by atoms with E-state index in [-0.39, 0.29) is 5.91 Å². The second-order valence-corrected chi connectivity index (χ2v) is 5.50. The third-order valence-corrected chi connectivity index (χ3v) is 3.87. The molecule has 19 heavy (non-hydrogen) atoms. The fourth-order valence-corrected chi connectivity index (χ4v) is 2.44. The van der Waals surface area contributed by atoms with Crippen molar-refractivity contribution in [2.45, 2.75) is 20.0 Å². The van der Waals surface area contributed by atoms with Gasteiger partial charge < -0.3 is 10.2 Å². The molecule has 0 spiro atoms. The first-order valence-corrected chi connectivity index (χ1v) is 7.10. The maximum absolute atomic E-state index is 11.3. The molecule has 0 radical (unpaired) electrons. The number of hydrogen-bond acceptors (Lipinski definition) is 3. The number of carbonyl (C=O) groups is 1. The van der Waals surface area contributed by atoms with Crippen molar-refractivity contribution >= 4 is 22.9 Å². The highest BCUT2D eigenvalue weighted by molar-refractivity contribution is 7.09. The molecule has 1 N–H and O–H groups in total. The van der Waals surface area contributed by atoms with E-state index >= 15 is 0 Å². The number of nitrogens with one attached hydrogen (secondary N) is 1. The molecule has 0 aliphatic rings. The summed E-state index contributed by atoms with van der Waals surface area (Å²) >= 11 is 1.74. The molecular formula is C15H18N2OS. The zero-order chi connectivity index (χ0) is 13.7. The molecule has 0 saturated carbocycles. The quantitative estimate of drug-likeness (QED) is 0.907. The van der Waals surface area contributed by atoms with Gasteiger partial charge in [-0.25, -0.2) is 0 Å². The maximum Gasteiger partial charge on any atom is 0.219 e. The van der Waals surface area contributed by atoms with E-state index in [0.29, 0.717) is 6.54 Å². The highest BCUT2D eigenvalue weighted by Crippen LogP contribution is 2.19. The third-order valence-electron chi connectivity index (χ3n) is 3.00. The maximum atomic E-state index is 11.3. The van der Waals surface area contributed by atoms with E-state index in [0.717, 1.165) is 17.8 Å². The molecule has 2 rings (SSSR count). The standard InChI is InChI=1S/C15H18N2OS/c1-12(18)17(2)11-13-6-3-4-8-15(13)16-10-14-7-5-9-19-14/h3-9,16H,10-11H2,1-2H3. The van der Waals surface area contributed by atoms with Gasteiger partial charge in [0.25, 0.3) is 0 Å². The summed E-state index contributed by atoms with van der Waals surface area (Å²) < 4.78 is 0. The number of rotatable bonds is 5. The number of hydrogen-bond donors (Lipinski definition) is 1. The van der Waals surface area contributed by atoms with Crippen LogP contribution in [0, 0.1) is 0 Å². The largest absolute Gasteiger partial charge is 0.380 e. The van der Waals surface area contributed by atoms with Crippen molar-refractivity contribution in [2.75, 3.05) is 12.4 Å². The number of anilines is 1. The minimum Gasteiger partial charge on any atom is -0.380 e. The first-order valence-electron chi connectivity index (χ1n) is 6.22. The van der Waals surface area contributed by atoms with Crippen LogP contribution >= 0.6 is 11.3 Å². The molecule has 0 aliphatic carbocycles. The van der Waals surface area contributed by atoms with Crippen molar-refractivity contribution in [1.29, 1.82) is 0 Å². The van der Waals surface area contributed by atoms with E-state index in [2.05, 4.69) is 35.0 Å². The highest BCUT2D eigenvalue weighted by atomic mass is 32.1. The minimum atomic E-state index is 0.0769. The number of benzene rings is 1. The minimum absolute atomic E-state index is 0.0769. The molecule has 0 saturated heterocycles. The zero-order valence-corrected chi connectivity index (χ0v) is 12.0. The van der Waals surface area contributed by atoms with Gasteiger partial charge in [-0.15, -0.1) is 11.3 Å². The van der Waals surface area contributed by atoms with Crippen LogP contribution in [-0.2, 0) is 17.9 Å². The van der Waals surface area contributed by atoms with Crippen LogP contribution in [-0.4, -0.2) is 17.9 Å². The van der Waals surface area contributed by atoms with Crippen LogP contribution in [0.4, 0.5) is 5.69 Å². The summed E-state index contributed by atoms with van der Waals surface area (Å²) in [7, 11) is 1.82. The molecule has 0 fully saturated rings. The van der Waals surface area contributed by atoms with Crippen LogP contribution in [0.2, 0.25) is 0 Å². The van der Waals surface area contributed by atoms with E-state index in [4.69, 9.17) is 0 Å². The van der Waals surface area contributed by atoms with Gasteiger partial charge in [0.15, 0.2) is 0 Å². The normalized spacial score (nSPS) is 10.2. The van der Waals surface area contributed by atoms with Crippen LogP contribution in [0.3, 0.4) is 0 Å². The van der Waals surface area contributed by atoms with Crippen LogP contribution in [0.5, 0.6) is 0 Å². The van der Waals surface area contributed by atoms with E-state index in [9.17, 15) is 4.79 Å². The monoisotopic (exact) mass is 274 g/mol. The summed E-state index contributed by atoms with van der Waals surface area (Å²) in [4.78, 5) is 14.3. The van der Waals surface area contributed by atoms with Crippen molar-refractivity contribution in [3.63, 3.8) is 0 Å². The Kier molecular flexibility index (Phi) is 4.58. The Morgan fingerprint density at radius 3 is 2.74 bits per heavy atom. The van der Waals surface area contributed by atoms with Gasteiger partial charge in [-0.05, 0) is 23.1 Å². The lowest BCUT2D eigenvalue weighted by molar-refractivity contribution is -0.128. The van der Waals surface area contributed by atoms with Crippen molar-refractivity contribution < 1.29 is 4.79 Å². The van der Waals surface area contributed by atoms with Crippen molar-refractivity contribution in [3.05, 3.63) is 52.2 Å². The molecule has 0 aliphatic heterocycles. The molecule has 1 aromatic carbocycles. The molecule has 100 valence electrons. The van der Waals surface area contributed by atoms with Crippen molar-refractivity contribution in [2.24, 2.45) is 0 Å². The Labute approximate surface area is 117 Å². The molecule has 1 aromatic heterocycles. The summed E-state index contributed by atoms with van der Waals surface area (Å²) in [5, 5.41) is 5.51. The number of nitrogens with zero attached hydrogens (tertiary/aromatic N) is 1. The number of amides is 1. The molecule has 2 aromatic rings. The molecule has 0 bridgehead atoms. The molecule has 0 unspecified atom stereocenters. The summed E-state index contributed by atoms with van der Waals surface area (Å²) in [6.45, 7) is 3.03. The molecule has 0 atom stereocenters. The van der Waals surface area contributed by atoms with Crippen molar-refractivity contribution in [3.8, 4) is 0 Å². The second-order valence-electron chi connectivity index (χ2n) is 4.47. The zero-order valence-electron chi connectivity index (χ0n) is 11.2. The van der Waals surface area contributed by atoms with E-state index in [1.54, 1.807) is 23.2 Å². The Bertz CT molecular complexity index is 537. The summed E-state index contributed by atoms with van der Waals surface area (Å²) in [5.74, 6) is 0.0769. The Morgan fingerprint density at radius 1 is 1.26 bits per heavy atom. The number of para-hydroxylation sites is 1. The van der Waals surface area contributed by atoms with Gasteiger partial charge in [0.1, 0.15) is 0 Å². The predicted molar refractivity (Wildman–Crippen MR) is 80.2 cm³/mol. The average molecular weight is 274 g/mol. The Balaban J connectivity index is 2.05. The molecule has 1 amide bonds. The van der Waals surface area contributed by atoms with Crippen LogP contribution in [0.1, 0.15) is 17.4 Å². The van der Waals surface area contributed by atoms with Crippen LogP contribution < -0.4 is 5.32 Å². The van der Waals surface area contributed by atoms with Gasteiger partial charge in [-0.2, -0.15) is 0 Å². The molecule has 1 heterocycles. The molecule has 4 heteroatoms. The predicted octanol–water partition coefficient (Wildman–Crippen LogP) is 3.34. The fraction of sp³-hybridized carbons (Fsp3) is 0.267. The van der Waals surface area contributed by atoms with Crippen LogP contribution in [0.25, 0.3) is 0 Å². The first-order chi connectivity index (χ1) is 9.16. The Hall–Kier alpha value is -1.81. The van der Waals surface area contributed by atoms with Gasteiger partial charge >= 0.3 is 0 Å². The van der Waals surface area contributed by atoms with Crippen molar-refractivity contribution in [1.82, 2.24) is 4.90 Å². The third kappa shape index (κ3) is 3.83. The lowest BCUT2D eigenvalue weighted by Crippen LogP contribution is -2.23. The van der Waals surface area contributed by atoms with Gasteiger partial charge in [0.2, 0.25) is 5.91 Å². The van der Waals surface area contributed by atoms with Crippen LogP contribution in [0.15, 0.2) is 41.8 Å². The average Bonchev–Trinajstić information content (AvgIpc) is 2.90. The Morgan fingerprint density at radius 2 is 2.05 bits per heavy atom. The smallest absolute Gasteiger partial charge is 0.219 e. The summed E-state index contributed by atoms with van der Waals surface area (Å²) in [5.41, 5.74) is 2.22. The SMILES string of the molecule is CC(=O)N(C)Cc1ccccc1NCc1cccs1. The first kappa shape index (κ1) is 13.6. The number of carbonyl (C=O) groups excluding carboxylic acids is 1. The van der Waals surface area contributed by atoms with E-state index < -0.39 is 0 Å². The lowest BCUT2D eigenvalue weighted by atomic mass is 10.1. The topological polar surface area (TPSA) is 32.3 Å². The summed E-state index contributed by atoms with van der Waals surface area (Å²) in [6.07, 6.45) is 0. The lowest BCUT2D eigenvalue weighted by Gasteiger charge is -2.18. The van der Waals surface area contributed by atoms with E-state index in [1.807, 2.05) is 19.2 Å². The second kappa shape index (κ2) is 6.38. The summed E-state index contributed by atoms with van der Waals surface area (Å²) in [6, 6.07) is 12.3. The van der Waals surface area contributed by atoms with Gasteiger partial charge in [0.05, 0.1) is 0 Å². The van der Waals surface area contributed by atoms with Gasteiger partial charge in [0, 0.05) is 37.6 Å². The highest BCUT2D eigenvalue weighted by Gasteiger charge is 2.07. The fourth-order valence-electron chi connectivity index (χ4n) is 1.79.